The third kappa shape index (κ3) is 6.98. The Balaban J connectivity index is 2.06. The molecule has 1 saturated heterocycles. The van der Waals surface area contributed by atoms with E-state index < -0.39 is 5.67 Å². The molecule has 1 aliphatic rings. The predicted octanol–water partition coefficient (Wildman–Crippen LogP) is 6.22. The lowest BCUT2D eigenvalue weighted by Crippen LogP contribution is -2.48. The molecule has 132 valence electrons. The average molecular weight is 314 g/mol. The van der Waals surface area contributed by atoms with E-state index in [1.54, 1.807) is 0 Å². The first-order valence-corrected chi connectivity index (χ1v) is 9.45. The molecule has 1 nitrogen and oxygen atoms in total. The fourth-order valence-electron chi connectivity index (χ4n) is 3.40. The van der Waals surface area contributed by atoms with Gasteiger partial charge in [0, 0.05) is 13.1 Å². The van der Waals surface area contributed by atoms with Crippen molar-refractivity contribution >= 4 is 0 Å². The minimum absolute atomic E-state index is 0.216. The Kier molecular flexibility index (Phi) is 7.36. The first-order valence-electron chi connectivity index (χ1n) is 9.45. The van der Waals surface area contributed by atoms with Crippen LogP contribution in [0.4, 0.5) is 4.39 Å². The van der Waals surface area contributed by atoms with Gasteiger partial charge in [0.05, 0.1) is 0 Å². The second kappa shape index (κ2) is 8.13. The average Bonchev–Trinajstić information content (AvgIpc) is 2.37. The van der Waals surface area contributed by atoms with E-state index in [4.69, 9.17) is 0 Å². The van der Waals surface area contributed by atoms with Gasteiger partial charge in [0.15, 0.2) is 0 Å². The van der Waals surface area contributed by atoms with Gasteiger partial charge < -0.3 is 4.90 Å². The molecule has 1 heterocycles. The van der Waals surface area contributed by atoms with Crippen molar-refractivity contribution in [3.8, 4) is 0 Å². The Morgan fingerprint density at radius 1 is 0.818 bits per heavy atom. The van der Waals surface area contributed by atoms with Crippen molar-refractivity contribution in [2.24, 2.45) is 10.8 Å². The zero-order valence-electron chi connectivity index (χ0n) is 16.1. The van der Waals surface area contributed by atoms with Crippen molar-refractivity contribution < 1.29 is 4.39 Å². The molecule has 1 aliphatic heterocycles. The number of nitrogens with zero attached hydrogens (tertiary/aromatic N) is 1. The van der Waals surface area contributed by atoms with Crippen molar-refractivity contribution in [2.45, 2.75) is 98.6 Å². The molecule has 1 rings (SSSR count). The summed E-state index contributed by atoms with van der Waals surface area (Å²) in [5.74, 6) is 0. The van der Waals surface area contributed by atoms with Crippen LogP contribution in [0.15, 0.2) is 0 Å². The first kappa shape index (κ1) is 19.9. The van der Waals surface area contributed by atoms with Crippen LogP contribution in [-0.4, -0.2) is 30.2 Å². The fraction of sp³-hybridized carbons (Fsp3) is 1.00. The van der Waals surface area contributed by atoms with E-state index in [2.05, 4.69) is 25.7 Å². The van der Waals surface area contributed by atoms with Crippen LogP contribution in [0.3, 0.4) is 0 Å². The van der Waals surface area contributed by atoms with E-state index in [1.807, 2.05) is 20.8 Å². The topological polar surface area (TPSA) is 3.24 Å². The van der Waals surface area contributed by atoms with E-state index in [1.165, 1.54) is 45.1 Å². The third-order valence-electron chi connectivity index (χ3n) is 5.39. The highest BCUT2D eigenvalue weighted by molar-refractivity contribution is 4.95. The van der Waals surface area contributed by atoms with E-state index in [-0.39, 0.29) is 5.41 Å². The van der Waals surface area contributed by atoms with Gasteiger partial charge in [0.1, 0.15) is 5.67 Å². The summed E-state index contributed by atoms with van der Waals surface area (Å²) >= 11 is 0. The second-order valence-electron chi connectivity index (χ2n) is 9.64. The molecule has 0 aromatic heterocycles. The van der Waals surface area contributed by atoms with Gasteiger partial charge in [0.2, 0.25) is 0 Å². The molecule has 0 atom stereocenters. The Hall–Kier alpha value is -0.110. The molecule has 0 radical (unpaired) electrons. The third-order valence-corrected chi connectivity index (χ3v) is 5.39. The van der Waals surface area contributed by atoms with Gasteiger partial charge in [0.25, 0.3) is 0 Å². The molecule has 0 aromatic rings. The lowest BCUT2D eigenvalue weighted by molar-refractivity contribution is -0.0295. The van der Waals surface area contributed by atoms with Gasteiger partial charge in [-0.1, -0.05) is 67.2 Å². The van der Waals surface area contributed by atoms with Crippen molar-refractivity contribution in [3.63, 3.8) is 0 Å². The molecule has 0 unspecified atom stereocenters. The second-order valence-corrected chi connectivity index (χ2v) is 9.64. The van der Waals surface area contributed by atoms with Crippen molar-refractivity contribution in [1.29, 1.82) is 0 Å². The van der Waals surface area contributed by atoms with Crippen LogP contribution >= 0.6 is 0 Å². The minimum atomic E-state index is -0.962. The number of likely N-dealkylation sites (tertiary alicyclic amines) is 1. The first-order chi connectivity index (χ1) is 10.0. The zero-order chi connectivity index (χ0) is 16.9. The number of hydrogen-bond acceptors (Lipinski definition) is 1. The summed E-state index contributed by atoms with van der Waals surface area (Å²) < 4.78 is 14.9. The highest BCUT2D eigenvalue weighted by Crippen LogP contribution is 2.42. The Bertz CT molecular complexity index is 303. The van der Waals surface area contributed by atoms with Crippen LogP contribution in [0.2, 0.25) is 0 Å². The van der Waals surface area contributed by atoms with E-state index in [0.29, 0.717) is 18.3 Å². The molecule has 22 heavy (non-hydrogen) atoms. The smallest absolute Gasteiger partial charge is 0.118 e. The number of piperidine rings is 1. The number of rotatable bonds is 7. The lowest BCUT2D eigenvalue weighted by atomic mass is 9.72. The van der Waals surface area contributed by atoms with Crippen LogP contribution in [0.1, 0.15) is 92.9 Å². The maximum absolute atomic E-state index is 14.9. The number of unbranched alkanes of at least 4 members (excludes halogenated alkanes) is 4. The summed E-state index contributed by atoms with van der Waals surface area (Å²) in [7, 11) is 0. The fourth-order valence-corrected chi connectivity index (χ4v) is 3.40. The summed E-state index contributed by atoms with van der Waals surface area (Å²) in [6.07, 6.45) is 9.47. The van der Waals surface area contributed by atoms with E-state index >= 15 is 0 Å². The predicted molar refractivity (Wildman–Crippen MR) is 96.1 cm³/mol. The Morgan fingerprint density at radius 2 is 1.32 bits per heavy atom. The normalized spacial score (nSPS) is 20.3. The van der Waals surface area contributed by atoms with Gasteiger partial charge in [-0.3, -0.25) is 0 Å². The molecular weight excluding hydrogens is 273 g/mol. The molecule has 1 fully saturated rings. The van der Waals surface area contributed by atoms with Gasteiger partial charge in [-0.25, -0.2) is 4.39 Å². The monoisotopic (exact) mass is 313 g/mol. The molecule has 0 aliphatic carbocycles. The van der Waals surface area contributed by atoms with Crippen LogP contribution in [0, 0.1) is 10.8 Å². The van der Waals surface area contributed by atoms with Gasteiger partial charge in [-0.15, -0.1) is 0 Å². The van der Waals surface area contributed by atoms with E-state index in [0.717, 1.165) is 13.1 Å². The van der Waals surface area contributed by atoms with Crippen LogP contribution < -0.4 is 0 Å². The summed E-state index contributed by atoms with van der Waals surface area (Å²) in [6.45, 7) is 16.2. The van der Waals surface area contributed by atoms with Crippen LogP contribution in [0.25, 0.3) is 0 Å². The largest absolute Gasteiger partial charge is 0.303 e. The highest BCUT2D eigenvalue weighted by atomic mass is 19.1. The Labute approximate surface area is 139 Å². The van der Waals surface area contributed by atoms with Crippen molar-refractivity contribution in [3.05, 3.63) is 0 Å². The quantitative estimate of drug-likeness (QED) is 0.504. The van der Waals surface area contributed by atoms with Crippen LogP contribution in [-0.2, 0) is 0 Å². The van der Waals surface area contributed by atoms with Gasteiger partial charge in [-0.05, 0) is 43.1 Å². The maximum Gasteiger partial charge on any atom is 0.118 e. The van der Waals surface area contributed by atoms with Crippen molar-refractivity contribution in [1.82, 2.24) is 4.90 Å². The SMILES string of the molecule is CC(C)(C)CCCCCCCN1CCC(F)(C(C)(C)C)CC1. The minimum Gasteiger partial charge on any atom is -0.303 e. The maximum atomic E-state index is 14.9. The standard InChI is InChI=1S/C20H40FN/c1-18(2,3)12-10-8-7-9-11-15-22-16-13-20(21,14-17-22)19(4,5)6/h7-17H2,1-6H3. The number of hydrogen-bond donors (Lipinski definition) is 0. The molecule has 0 bridgehead atoms. The lowest BCUT2D eigenvalue weighted by Gasteiger charge is -2.44. The Morgan fingerprint density at radius 3 is 1.82 bits per heavy atom. The molecule has 0 aromatic carbocycles. The molecule has 0 saturated carbocycles. The molecule has 0 N–H and O–H groups in total. The van der Waals surface area contributed by atoms with Crippen LogP contribution in [0.5, 0.6) is 0 Å². The summed E-state index contributed by atoms with van der Waals surface area (Å²) in [5, 5.41) is 0. The van der Waals surface area contributed by atoms with E-state index in [9.17, 15) is 4.39 Å². The molecule has 0 spiro atoms. The summed E-state index contributed by atoms with van der Waals surface area (Å²) in [5.41, 5.74) is -0.692. The zero-order valence-corrected chi connectivity index (χ0v) is 16.1. The molecular formula is C20H40FN. The van der Waals surface area contributed by atoms with Gasteiger partial charge in [-0.2, -0.15) is 0 Å². The summed E-state index contributed by atoms with van der Waals surface area (Å²) in [4.78, 5) is 2.47. The van der Waals surface area contributed by atoms with Crippen molar-refractivity contribution in [2.75, 3.05) is 19.6 Å². The molecule has 0 amide bonds. The number of halogens is 1. The summed E-state index contributed by atoms with van der Waals surface area (Å²) in [6, 6.07) is 0. The van der Waals surface area contributed by atoms with Gasteiger partial charge >= 0.3 is 0 Å². The molecule has 2 heteroatoms. The number of alkyl halides is 1. The highest BCUT2D eigenvalue weighted by Gasteiger charge is 2.44.